The molecule has 0 radical (unpaired) electrons. The number of hydrogen-bond acceptors (Lipinski definition) is 5. The van der Waals surface area contributed by atoms with Crippen molar-refractivity contribution in [1.29, 1.82) is 0 Å². The van der Waals surface area contributed by atoms with Crippen LogP contribution in [0.1, 0.15) is 44.9 Å². The minimum Gasteiger partial charge on any atom is -0.456 e. The maximum atomic E-state index is 12.4. The Bertz CT molecular complexity index is 921. The molecule has 1 N–H and O–H groups in total. The van der Waals surface area contributed by atoms with Crippen LogP contribution in [-0.4, -0.2) is 34.1 Å². The molecule has 1 fully saturated rings. The molecule has 3 rings (SSSR count). The zero-order valence-corrected chi connectivity index (χ0v) is 16.4. The Morgan fingerprint density at radius 2 is 2.00 bits per heavy atom. The number of ether oxygens (including phenoxy) is 1. The SMILES string of the molecule is C[C@@H]1CCCC[C@H]1NC(=O)COC(=O)CCc1nc2ccccc2c(=O)n1C. The summed E-state index contributed by atoms with van der Waals surface area (Å²) in [7, 11) is 1.64. The minimum atomic E-state index is -0.478. The van der Waals surface area contributed by atoms with E-state index in [2.05, 4.69) is 17.2 Å². The van der Waals surface area contributed by atoms with Crippen LogP contribution >= 0.6 is 0 Å². The molecular weight excluding hydrogens is 358 g/mol. The second kappa shape index (κ2) is 8.99. The highest BCUT2D eigenvalue weighted by molar-refractivity contribution is 5.81. The summed E-state index contributed by atoms with van der Waals surface area (Å²) in [4.78, 5) is 40.9. The largest absolute Gasteiger partial charge is 0.456 e. The fourth-order valence-electron chi connectivity index (χ4n) is 3.70. The van der Waals surface area contributed by atoms with Crippen molar-refractivity contribution in [3.63, 3.8) is 0 Å². The summed E-state index contributed by atoms with van der Waals surface area (Å²) < 4.78 is 6.54. The maximum absolute atomic E-state index is 12.4. The molecule has 0 bridgehead atoms. The summed E-state index contributed by atoms with van der Waals surface area (Å²) in [5.74, 6) is 0.229. The molecule has 0 saturated heterocycles. The molecule has 7 heteroatoms. The predicted octanol–water partition coefficient (Wildman–Crippen LogP) is 2.10. The standard InChI is InChI=1S/C21H27N3O4/c1-14-7-3-5-9-16(14)23-19(25)13-28-20(26)12-11-18-22-17-10-6-4-8-15(17)21(27)24(18)2/h4,6,8,10,14,16H,3,5,7,9,11-13H2,1-2H3,(H,23,25)/t14-,16-/m1/s1. The summed E-state index contributed by atoms with van der Waals surface area (Å²) in [5, 5.41) is 3.51. The summed E-state index contributed by atoms with van der Waals surface area (Å²) in [5.41, 5.74) is 0.463. The lowest BCUT2D eigenvalue weighted by Gasteiger charge is -2.29. The van der Waals surface area contributed by atoms with Crippen molar-refractivity contribution < 1.29 is 14.3 Å². The molecule has 1 heterocycles. The molecule has 1 aromatic heterocycles. The Balaban J connectivity index is 1.50. The number of benzene rings is 1. The van der Waals surface area contributed by atoms with Gasteiger partial charge in [0.25, 0.3) is 11.5 Å². The van der Waals surface area contributed by atoms with Gasteiger partial charge in [0.05, 0.1) is 17.3 Å². The molecule has 0 spiro atoms. The number of carbonyl (C=O) groups is 2. The van der Waals surface area contributed by atoms with Crippen LogP contribution in [0.4, 0.5) is 0 Å². The lowest BCUT2D eigenvalue weighted by Crippen LogP contribution is -2.42. The van der Waals surface area contributed by atoms with Crippen molar-refractivity contribution in [2.24, 2.45) is 13.0 Å². The first-order valence-electron chi connectivity index (χ1n) is 9.85. The van der Waals surface area contributed by atoms with Gasteiger partial charge in [-0.1, -0.05) is 31.9 Å². The molecule has 7 nitrogen and oxygen atoms in total. The summed E-state index contributed by atoms with van der Waals surface area (Å²) in [6, 6.07) is 7.28. The first-order valence-corrected chi connectivity index (χ1v) is 9.85. The number of fused-ring (bicyclic) bond motifs is 1. The first kappa shape index (κ1) is 20.0. The summed E-state index contributed by atoms with van der Waals surface area (Å²) in [6.07, 6.45) is 4.74. The van der Waals surface area contributed by atoms with Crippen molar-refractivity contribution in [3.8, 4) is 0 Å². The Labute approximate surface area is 164 Å². The number of nitrogens with one attached hydrogen (secondary N) is 1. The molecular formula is C21H27N3O4. The van der Waals surface area contributed by atoms with E-state index in [4.69, 9.17) is 4.74 Å². The highest BCUT2D eigenvalue weighted by Gasteiger charge is 2.23. The van der Waals surface area contributed by atoms with Crippen molar-refractivity contribution in [2.45, 2.75) is 51.5 Å². The normalized spacial score (nSPS) is 19.4. The van der Waals surface area contributed by atoms with E-state index in [0.717, 1.165) is 19.3 Å². The second-order valence-electron chi connectivity index (χ2n) is 7.51. The highest BCUT2D eigenvalue weighted by atomic mass is 16.5. The second-order valence-corrected chi connectivity index (χ2v) is 7.51. The van der Waals surface area contributed by atoms with E-state index in [0.29, 0.717) is 22.6 Å². The van der Waals surface area contributed by atoms with E-state index >= 15 is 0 Å². The third-order valence-electron chi connectivity index (χ3n) is 5.45. The van der Waals surface area contributed by atoms with Crippen LogP contribution in [0.2, 0.25) is 0 Å². The number of para-hydroxylation sites is 1. The molecule has 0 unspecified atom stereocenters. The Morgan fingerprint density at radius 3 is 2.79 bits per heavy atom. The maximum Gasteiger partial charge on any atom is 0.306 e. The van der Waals surface area contributed by atoms with Gasteiger partial charge < -0.3 is 10.1 Å². The highest BCUT2D eigenvalue weighted by Crippen LogP contribution is 2.23. The van der Waals surface area contributed by atoms with Crippen LogP contribution in [-0.2, 0) is 27.8 Å². The van der Waals surface area contributed by atoms with E-state index < -0.39 is 5.97 Å². The quantitative estimate of drug-likeness (QED) is 0.769. The molecule has 0 aliphatic heterocycles. The Kier molecular flexibility index (Phi) is 6.44. The monoisotopic (exact) mass is 385 g/mol. The van der Waals surface area contributed by atoms with Gasteiger partial charge in [-0.05, 0) is 30.9 Å². The predicted molar refractivity (Wildman–Crippen MR) is 106 cm³/mol. The fourth-order valence-corrected chi connectivity index (χ4v) is 3.70. The lowest BCUT2D eigenvalue weighted by atomic mass is 9.86. The molecule has 1 aromatic carbocycles. The van der Waals surface area contributed by atoms with E-state index in [-0.39, 0.29) is 37.0 Å². The number of amides is 1. The number of nitrogens with zero attached hydrogens (tertiary/aromatic N) is 2. The number of carbonyl (C=O) groups excluding carboxylic acids is 2. The molecule has 2 aromatic rings. The number of aromatic nitrogens is 2. The fraction of sp³-hybridized carbons (Fsp3) is 0.524. The average molecular weight is 385 g/mol. The third-order valence-corrected chi connectivity index (χ3v) is 5.45. The number of esters is 1. The molecule has 2 atom stereocenters. The first-order chi connectivity index (χ1) is 13.5. The van der Waals surface area contributed by atoms with E-state index in [1.807, 2.05) is 6.07 Å². The van der Waals surface area contributed by atoms with Gasteiger partial charge in [0, 0.05) is 19.5 Å². The van der Waals surface area contributed by atoms with Crippen molar-refractivity contribution in [3.05, 3.63) is 40.4 Å². The van der Waals surface area contributed by atoms with Gasteiger partial charge in [-0.25, -0.2) is 4.98 Å². The van der Waals surface area contributed by atoms with Gasteiger partial charge in [0.2, 0.25) is 0 Å². The van der Waals surface area contributed by atoms with Gasteiger partial charge in [-0.3, -0.25) is 19.0 Å². The molecule has 1 amide bonds. The van der Waals surface area contributed by atoms with Gasteiger partial charge in [-0.2, -0.15) is 0 Å². The molecule has 1 saturated carbocycles. The third kappa shape index (κ3) is 4.77. The van der Waals surface area contributed by atoms with Crippen molar-refractivity contribution in [1.82, 2.24) is 14.9 Å². The topological polar surface area (TPSA) is 90.3 Å². The van der Waals surface area contributed by atoms with Crippen LogP contribution < -0.4 is 10.9 Å². The number of hydrogen-bond donors (Lipinski definition) is 1. The average Bonchev–Trinajstić information content (AvgIpc) is 2.70. The van der Waals surface area contributed by atoms with Gasteiger partial charge >= 0.3 is 5.97 Å². The molecule has 28 heavy (non-hydrogen) atoms. The van der Waals surface area contributed by atoms with E-state index in [1.54, 1.807) is 25.2 Å². The van der Waals surface area contributed by atoms with Crippen LogP contribution in [0.25, 0.3) is 10.9 Å². The van der Waals surface area contributed by atoms with Crippen LogP contribution in [0.3, 0.4) is 0 Å². The van der Waals surface area contributed by atoms with Gasteiger partial charge in [0.15, 0.2) is 6.61 Å². The van der Waals surface area contributed by atoms with Gasteiger partial charge in [-0.15, -0.1) is 0 Å². The Hall–Kier alpha value is -2.70. The number of rotatable bonds is 6. The van der Waals surface area contributed by atoms with Gasteiger partial charge in [0.1, 0.15) is 5.82 Å². The van der Waals surface area contributed by atoms with Crippen LogP contribution in [0, 0.1) is 5.92 Å². The van der Waals surface area contributed by atoms with Crippen molar-refractivity contribution in [2.75, 3.05) is 6.61 Å². The lowest BCUT2D eigenvalue weighted by molar-refractivity contribution is -0.148. The smallest absolute Gasteiger partial charge is 0.306 e. The van der Waals surface area contributed by atoms with Crippen LogP contribution in [0.15, 0.2) is 29.1 Å². The van der Waals surface area contributed by atoms with Crippen LogP contribution in [0.5, 0.6) is 0 Å². The van der Waals surface area contributed by atoms with Crippen molar-refractivity contribution >= 4 is 22.8 Å². The summed E-state index contributed by atoms with van der Waals surface area (Å²) >= 11 is 0. The molecule has 1 aliphatic carbocycles. The summed E-state index contributed by atoms with van der Waals surface area (Å²) in [6.45, 7) is 1.86. The van der Waals surface area contributed by atoms with E-state index in [1.165, 1.54) is 11.0 Å². The number of aryl methyl sites for hydroxylation is 1. The minimum absolute atomic E-state index is 0.0612. The zero-order chi connectivity index (χ0) is 20.1. The Morgan fingerprint density at radius 1 is 1.25 bits per heavy atom. The zero-order valence-electron chi connectivity index (χ0n) is 16.4. The molecule has 150 valence electrons. The molecule has 1 aliphatic rings. The van der Waals surface area contributed by atoms with E-state index in [9.17, 15) is 14.4 Å².